The van der Waals surface area contributed by atoms with Gasteiger partial charge in [-0.2, -0.15) is 0 Å². The van der Waals surface area contributed by atoms with Crippen LogP contribution in [-0.4, -0.2) is 51.0 Å². The Morgan fingerprint density at radius 2 is 1.92 bits per heavy atom. The van der Waals surface area contributed by atoms with Crippen molar-refractivity contribution < 1.29 is 9.90 Å². The minimum absolute atomic E-state index is 0.233. The summed E-state index contributed by atoms with van der Waals surface area (Å²) in [5.41, 5.74) is 1.69. The smallest absolute Gasteiger partial charge is 0.219 e. The van der Waals surface area contributed by atoms with E-state index in [1.165, 1.54) is 19.3 Å². The maximum atomic E-state index is 12.1. The number of carbonyl (C=O) groups excluding carboxylic acids is 1. The summed E-state index contributed by atoms with van der Waals surface area (Å²) < 4.78 is 0. The van der Waals surface area contributed by atoms with Crippen LogP contribution in [0.4, 0.5) is 0 Å². The highest BCUT2D eigenvalue weighted by atomic mass is 16.3. The lowest BCUT2D eigenvalue weighted by molar-refractivity contribution is -0.136. The van der Waals surface area contributed by atoms with E-state index in [2.05, 4.69) is 14.8 Å². The zero-order valence-electron chi connectivity index (χ0n) is 14.9. The highest BCUT2D eigenvalue weighted by molar-refractivity contribution is 5.74. The standard InChI is InChI=1S/C19H29N3O2/c1-14-8-9-19(24)18(20-14)13-21-11-4-7-17(10-12-21)22(15(2)23)16-5-3-6-16/h8-9,16-17,24H,3-7,10-13H2,1-2H3/t17-/m0/s1. The number of rotatable bonds is 4. The number of carbonyl (C=O) groups is 1. The van der Waals surface area contributed by atoms with Crippen molar-refractivity contribution in [2.45, 2.75) is 71.0 Å². The molecule has 0 spiro atoms. The third kappa shape index (κ3) is 3.89. The fraction of sp³-hybridized carbons (Fsp3) is 0.684. The van der Waals surface area contributed by atoms with Crippen LogP contribution in [0, 0.1) is 6.92 Å². The van der Waals surface area contributed by atoms with E-state index in [1.54, 1.807) is 13.0 Å². The normalized spacial score (nSPS) is 22.7. The lowest BCUT2D eigenvalue weighted by atomic mass is 9.89. The van der Waals surface area contributed by atoms with Gasteiger partial charge in [-0.25, -0.2) is 0 Å². The molecule has 0 unspecified atom stereocenters. The van der Waals surface area contributed by atoms with E-state index >= 15 is 0 Å². The van der Waals surface area contributed by atoms with Crippen molar-refractivity contribution in [3.63, 3.8) is 0 Å². The fourth-order valence-corrected chi connectivity index (χ4v) is 3.98. The summed E-state index contributed by atoms with van der Waals surface area (Å²) in [7, 11) is 0. The number of hydrogen-bond donors (Lipinski definition) is 1. The third-order valence-corrected chi connectivity index (χ3v) is 5.48. The van der Waals surface area contributed by atoms with Gasteiger partial charge in [0.15, 0.2) is 0 Å². The minimum atomic E-state index is 0.233. The van der Waals surface area contributed by atoms with Gasteiger partial charge in [-0.3, -0.25) is 14.7 Å². The van der Waals surface area contributed by atoms with Gasteiger partial charge in [0.1, 0.15) is 5.75 Å². The summed E-state index contributed by atoms with van der Waals surface area (Å²) in [6.07, 6.45) is 6.78. The number of nitrogens with zero attached hydrogens (tertiary/aromatic N) is 3. The lowest BCUT2D eigenvalue weighted by Gasteiger charge is -2.42. The molecule has 0 radical (unpaired) electrons. The molecule has 1 saturated heterocycles. The number of likely N-dealkylation sites (tertiary alicyclic amines) is 1. The number of aryl methyl sites for hydroxylation is 1. The molecule has 132 valence electrons. The Labute approximate surface area is 144 Å². The molecule has 2 heterocycles. The Morgan fingerprint density at radius 1 is 1.21 bits per heavy atom. The van der Waals surface area contributed by atoms with Crippen LogP contribution in [0.3, 0.4) is 0 Å². The molecule has 2 aliphatic rings. The van der Waals surface area contributed by atoms with Crippen LogP contribution in [0.5, 0.6) is 5.75 Å². The SMILES string of the molecule is CC(=O)N(C1CCC1)[C@H]1CCCN(Cc2nc(C)ccc2O)CC1. The molecular weight excluding hydrogens is 302 g/mol. The molecule has 1 amide bonds. The number of pyridine rings is 1. The number of aromatic hydroxyl groups is 1. The lowest BCUT2D eigenvalue weighted by Crippen LogP contribution is -2.49. The first-order chi connectivity index (χ1) is 11.5. The average molecular weight is 331 g/mol. The average Bonchev–Trinajstić information content (AvgIpc) is 2.72. The van der Waals surface area contributed by atoms with Crippen molar-refractivity contribution in [3.05, 3.63) is 23.5 Å². The summed E-state index contributed by atoms with van der Waals surface area (Å²) in [6.45, 7) is 6.31. The first kappa shape index (κ1) is 17.2. The molecule has 1 saturated carbocycles. The van der Waals surface area contributed by atoms with E-state index in [0.717, 1.165) is 43.7 Å². The van der Waals surface area contributed by atoms with Crippen LogP contribution in [0.2, 0.25) is 0 Å². The van der Waals surface area contributed by atoms with Gasteiger partial charge in [0.25, 0.3) is 0 Å². The predicted octanol–water partition coefficient (Wildman–Crippen LogP) is 2.85. The first-order valence-corrected chi connectivity index (χ1v) is 9.21. The number of aromatic nitrogens is 1. The number of amides is 1. The van der Waals surface area contributed by atoms with Gasteiger partial charge in [0, 0.05) is 37.8 Å². The fourth-order valence-electron chi connectivity index (χ4n) is 3.98. The van der Waals surface area contributed by atoms with E-state index < -0.39 is 0 Å². The Balaban J connectivity index is 1.62. The molecule has 1 atom stereocenters. The largest absolute Gasteiger partial charge is 0.506 e. The van der Waals surface area contributed by atoms with Crippen LogP contribution < -0.4 is 0 Å². The summed E-state index contributed by atoms with van der Waals surface area (Å²) in [6, 6.07) is 4.41. The Hall–Kier alpha value is -1.62. The zero-order valence-corrected chi connectivity index (χ0v) is 14.9. The molecule has 1 aliphatic carbocycles. The van der Waals surface area contributed by atoms with Crippen LogP contribution in [0.25, 0.3) is 0 Å². The van der Waals surface area contributed by atoms with Crippen molar-refractivity contribution in [2.75, 3.05) is 13.1 Å². The van der Waals surface area contributed by atoms with Crippen LogP contribution >= 0.6 is 0 Å². The van der Waals surface area contributed by atoms with E-state index in [9.17, 15) is 9.90 Å². The monoisotopic (exact) mass is 331 g/mol. The molecule has 1 N–H and O–H groups in total. The van der Waals surface area contributed by atoms with Crippen molar-refractivity contribution in [1.82, 2.24) is 14.8 Å². The van der Waals surface area contributed by atoms with Crippen molar-refractivity contribution in [1.29, 1.82) is 0 Å². The molecule has 5 nitrogen and oxygen atoms in total. The summed E-state index contributed by atoms with van der Waals surface area (Å²) >= 11 is 0. The second kappa shape index (κ2) is 7.51. The summed E-state index contributed by atoms with van der Waals surface area (Å²) in [4.78, 5) is 21.1. The molecule has 0 bridgehead atoms. The van der Waals surface area contributed by atoms with Crippen molar-refractivity contribution >= 4 is 5.91 Å². The second-order valence-corrected chi connectivity index (χ2v) is 7.29. The molecule has 3 rings (SSSR count). The molecule has 0 aromatic carbocycles. The van der Waals surface area contributed by atoms with Crippen molar-refractivity contribution in [3.8, 4) is 5.75 Å². The van der Waals surface area contributed by atoms with Gasteiger partial charge in [0.2, 0.25) is 5.91 Å². The molecule has 2 fully saturated rings. The van der Waals surface area contributed by atoms with Crippen molar-refractivity contribution in [2.24, 2.45) is 0 Å². The Kier molecular flexibility index (Phi) is 5.39. The Morgan fingerprint density at radius 3 is 2.58 bits per heavy atom. The van der Waals surface area contributed by atoms with E-state index in [1.807, 2.05) is 13.0 Å². The van der Waals surface area contributed by atoms with Gasteiger partial charge >= 0.3 is 0 Å². The van der Waals surface area contributed by atoms with Crippen LogP contribution in [-0.2, 0) is 11.3 Å². The quantitative estimate of drug-likeness (QED) is 0.922. The number of hydrogen-bond acceptors (Lipinski definition) is 4. The summed E-state index contributed by atoms with van der Waals surface area (Å²) in [5, 5.41) is 10.0. The van der Waals surface area contributed by atoms with Gasteiger partial charge < -0.3 is 10.0 Å². The molecule has 1 aromatic rings. The predicted molar refractivity (Wildman–Crippen MR) is 93.7 cm³/mol. The zero-order chi connectivity index (χ0) is 17.1. The maximum Gasteiger partial charge on any atom is 0.219 e. The molecule has 1 aliphatic heterocycles. The van der Waals surface area contributed by atoms with Gasteiger partial charge in [-0.1, -0.05) is 0 Å². The highest BCUT2D eigenvalue weighted by Gasteiger charge is 2.33. The van der Waals surface area contributed by atoms with Gasteiger partial charge in [-0.05, 0) is 64.1 Å². The minimum Gasteiger partial charge on any atom is -0.506 e. The maximum absolute atomic E-state index is 12.1. The van der Waals surface area contributed by atoms with E-state index in [0.29, 0.717) is 18.6 Å². The van der Waals surface area contributed by atoms with E-state index in [-0.39, 0.29) is 11.7 Å². The van der Waals surface area contributed by atoms with Gasteiger partial charge in [0.05, 0.1) is 5.69 Å². The van der Waals surface area contributed by atoms with Crippen LogP contribution in [0.1, 0.15) is 56.8 Å². The van der Waals surface area contributed by atoms with Gasteiger partial charge in [-0.15, -0.1) is 0 Å². The molecule has 1 aromatic heterocycles. The third-order valence-electron chi connectivity index (χ3n) is 5.48. The van der Waals surface area contributed by atoms with Crippen LogP contribution in [0.15, 0.2) is 12.1 Å². The molecule has 5 heteroatoms. The molecule has 24 heavy (non-hydrogen) atoms. The highest BCUT2D eigenvalue weighted by Crippen LogP contribution is 2.30. The topological polar surface area (TPSA) is 56.7 Å². The summed E-state index contributed by atoms with van der Waals surface area (Å²) in [5.74, 6) is 0.511. The Bertz CT molecular complexity index is 586. The molecular formula is C19H29N3O2. The van der Waals surface area contributed by atoms with E-state index in [4.69, 9.17) is 0 Å². The first-order valence-electron chi connectivity index (χ1n) is 9.21. The second-order valence-electron chi connectivity index (χ2n) is 7.29.